The molecule has 0 unspecified atom stereocenters. The van der Waals surface area contributed by atoms with E-state index in [1.54, 1.807) is 6.07 Å². The molecule has 2 rings (SSSR count). The number of sulfone groups is 1. The molecule has 0 N–H and O–H groups in total. The summed E-state index contributed by atoms with van der Waals surface area (Å²) in [6.07, 6.45) is 0. The lowest BCUT2D eigenvalue weighted by molar-refractivity contribution is 0.589. The van der Waals surface area contributed by atoms with Crippen LogP contribution in [0.25, 0.3) is 0 Å². The van der Waals surface area contributed by atoms with E-state index in [9.17, 15) is 17.2 Å². The molecule has 20 heavy (non-hydrogen) atoms. The van der Waals surface area contributed by atoms with E-state index in [0.29, 0.717) is 0 Å². The molecule has 6 heteroatoms. The highest BCUT2D eigenvalue weighted by Crippen LogP contribution is 2.19. The lowest BCUT2D eigenvalue weighted by Gasteiger charge is -2.05. The third kappa shape index (κ3) is 3.00. The first-order valence-corrected chi connectivity index (χ1v) is 7.24. The van der Waals surface area contributed by atoms with Crippen LogP contribution in [0.1, 0.15) is 11.1 Å². The van der Waals surface area contributed by atoms with Gasteiger partial charge in [0.2, 0.25) is 0 Å². The molecule has 0 spiro atoms. The number of rotatable bonds is 3. The Balaban J connectivity index is 2.36. The second kappa shape index (κ2) is 5.39. The fourth-order valence-corrected chi connectivity index (χ4v) is 3.07. The molecule has 0 heterocycles. The van der Waals surface area contributed by atoms with Crippen molar-refractivity contribution in [1.82, 2.24) is 0 Å². The van der Waals surface area contributed by atoms with Gasteiger partial charge in [0.15, 0.2) is 9.84 Å². The van der Waals surface area contributed by atoms with E-state index >= 15 is 0 Å². The molecule has 0 saturated carbocycles. The van der Waals surface area contributed by atoms with Crippen molar-refractivity contribution < 1.29 is 17.2 Å². The Morgan fingerprint density at radius 1 is 1.10 bits per heavy atom. The number of benzene rings is 2. The lowest BCUT2D eigenvalue weighted by atomic mass is 10.1. The molecular formula is C14H9F2NO2S. The second-order valence-corrected chi connectivity index (χ2v) is 6.13. The minimum Gasteiger partial charge on any atom is -0.223 e. The topological polar surface area (TPSA) is 57.9 Å². The van der Waals surface area contributed by atoms with Gasteiger partial charge in [-0.2, -0.15) is 5.26 Å². The van der Waals surface area contributed by atoms with Gasteiger partial charge in [-0.15, -0.1) is 0 Å². The highest BCUT2D eigenvalue weighted by Gasteiger charge is 2.17. The molecule has 102 valence electrons. The predicted molar refractivity (Wildman–Crippen MR) is 68.4 cm³/mol. The van der Waals surface area contributed by atoms with Crippen LogP contribution in [0.15, 0.2) is 47.4 Å². The van der Waals surface area contributed by atoms with Crippen molar-refractivity contribution in [3.05, 3.63) is 65.2 Å². The van der Waals surface area contributed by atoms with E-state index in [-0.39, 0.29) is 16.0 Å². The standard InChI is InChI=1S/C14H9F2NO2S/c15-12-2-1-3-13(7-12)20(18,19)9-10-4-5-14(16)11(6-10)8-17/h1-7H,9H2. The van der Waals surface area contributed by atoms with Crippen LogP contribution >= 0.6 is 0 Å². The van der Waals surface area contributed by atoms with E-state index in [1.165, 1.54) is 24.3 Å². The average Bonchev–Trinajstić information content (AvgIpc) is 2.40. The average molecular weight is 293 g/mol. The van der Waals surface area contributed by atoms with E-state index in [4.69, 9.17) is 5.26 Å². The highest BCUT2D eigenvalue weighted by molar-refractivity contribution is 7.90. The van der Waals surface area contributed by atoms with Gasteiger partial charge in [-0.25, -0.2) is 17.2 Å². The summed E-state index contributed by atoms with van der Waals surface area (Å²) in [5.74, 6) is -1.78. The van der Waals surface area contributed by atoms with Gasteiger partial charge in [0.05, 0.1) is 16.2 Å². The number of halogens is 2. The van der Waals surface area contributed by atoms with Crippen LogP contribution in [-0.4, -0.2) is 8.42 Å². The van der Waals surface area contributed by atoms with E-state index in [2.05, 4.69) is 0 Å². The van der Waals surface area contributed by atoms with Gasteiger partial charge in [0, 0.05) is 0 Å². The molecule has 0 fully saturated rings. The SMILES string of the molecule is N#Cc1cc(CS(=O)(=O)c2cccc(F)c2)ccc1F. The molecule has 0 bridgehead atoms. The van der Waals surface area contributed by atoms with Crippen molar-refractivity contribution in [3.8, 4) is 6.07 Å². The summed E-state index contributed by atoms with van der Waals surface area (Å²) >= 11 is 0. The molecule has 0 aliphatic carbocycles. The Bertz CT molecular complexity index is 795. The summed E-state index contributed by atoms with van der Waals surface area (Å²) < 4.78 is 50.4. The van der Waals surface area contributed by atoms with Crippen LogP contribution in [0.5, 0.6) is 0 Å². The van der Waals surface area contributed by atoms with Gasteiger partial charge in [-0.3, -0.25) is 0 Å². The van der Waals surface area contributed by atoms with Crippen molar-refractivity contribution in [2.45, 2.75) is 10.6 Å². The molecule has 0 aromatic heterocycles. The zero-order valence-corrected chi connectivity index (χ0v) is 11.0. The predicted octanol–water partition coefficient (Wildman–Crippen LogP) is 2.81. The zero-order valence-electron chi connectivity index (χ0n) is 10.2. The Morgan fingerprint density at radius 3 is 2.50 bits per heavy atom. The van der Waals surface area contributed by atoms with E-state index in [1.807, 2.05) is 0 Å². The van der Waals surface area contributed by atoms with Crippen LogP contribution in [0.4, 0.5) is 8.78 Å². The van der Waals surface area contributed by atoms with Crippen LogP contribution in [-0.2, 0) is 15.6 Å². The van der Waals surface area contributed by atoms with Crippen LogP contribution in [0.3, 0.4) is 0 Å². The van der Waals surface area contributed by atoms with Crippen molar-refractivity contribution in [2.24, 2.45) is 0 Å². The largest absolute Gasteiger partial charge is 0.223 e. The number of hydrogen-bond donors (Lipinski definition) is 0. The summed E-state index contributed by atoms with van der Waals surface area (Å²) in [6, 6.07) is 9.78. The summed E-state index contributed by atoms with van der Waals surface area (Å²) in [5.41, 5.74) is 0.0455. The summed E-state index contributed by atoms with van der Waals surface area (Å²) in [5, 5.41) is 8.71. The fraction of sp³-hybridized carbons (Fsp3) is 0.0714. The first kappa shape index (κ1) is 14.2. The molecular weight excluding hydrogens is 284 g/mol. The molecule has 0 aliphatic rings. The van der Waals surface area contributed by atoms with Crippen LogP contribution in [0.2, 0.25) is 0 Å². The second-order valence-electron chi connectivity index (χ2n) is 4.14. The first-order valence-electron chi connectivity index (χ1n) is 5.59. The van der Waals surface area contributed by atoms with E-state index < -0.39 is 27.2 Å². The number of nitriles is 1. The summed E-state index contributed by atoms with van der Waals surface area (Å²) in [6.45, 7) is 0. The molecule has 0 atom stereocenters. The third-order valence-electron chi connectivity index (χ3n) is 2.66. The Labute approximate surface area is 115 Å². The van der Waals surface area contributed by atoms with Gasteiger partial charge >= 0.3 is 0 Å². The fourth-order valence-electron chi connectivity index (χ4n) is 1.71. The monoisotopic (exact) mass is 293 g/mol. The molecule has 2 aromatic carbocycles. The van der Waals surface area contributed by atoms with Gasteiger partial charge in [0.25, 0.3) is 0 Å². The van der Waals surface area contributed by atoms with Crippen LogP contribution in [0, 0.1) is 23.0 Å². The van der Waals surface area contributed by atoms with Crippen molar-refractivity contribution in [1.29, 1.82) is 5.26 Å². The Morgan fingerprint density at radius 2 is 1.85 bits per heavy atom. The number of nitrogens with zero attached hydrogens (tertiary/aromatic N) is 1. The van der Waals surface area contributed by atoms with Crippen molar-refractivity contribution >= 4 is 9.84 Å². The molecule has 0 radical (unpaired) electrons. The minimum absolute atomic E-state index is 0.152. The maximum absolute atomic E-state index is 13.2. The van der Waals surface area contributed by atoms with Crippen LogP contribution < -0.4 is 0 Å². The first-order chi connectivity index (χ1) is 9.42. The summed E-state index contributed by atoms with van der Waals surface area (Å²) in [4.78, 5) is -0.152. The minimum atomic E-state index is -3.75. The smallest absolute Gasteiger partial charge is 0.182 e. The van der Waals surface area contributed by atoms with E-state index in [0.717, 1.165) is 18.2 Å². The zero-order chi connectivity index (χ0) is 14.8. The number of hydrogen-bond acceptors (Lipinski definition) is 3. The summed E-state index contributed by atoms with van der Waals surface area (Å²) in [7, 11) is -3.75. The molecule has 0 saturated heterocycles. The maximum atomic E-state index is 13.2. The quantitative estimate of drug-likeness (QED) is 0.874. The highest BCUT2D eigenvalue weighted by atomic mass is 32.2. The Hall–Kier alpha value is -2.26. The normalized spacial score (nSPS) is 11.1. The third-order valence-corrected chi connectivity index (χ3v) is 4.35. The van der Waals surface area contributed by atoms with Crippen molar-refractivity contribution in [3.63, 3.8) is 0 Å². The Kier molecular flexibility index (Phi) is 3.81. The van der Waals surface area contributed by atoms with Gasteiger partial charge < -0.3 is 0 Å². The molecule has 0 aliphatic heterocycles. The molecule has 2 aromatic rings. The van der Waals surface area contributed by atoms with Gasteiger partial charge in [-0.1, -0.05) is 12.1 Å². The molecule has 0 amide bonds. The van der Waals surface area contributed by atoms with Gasteiger partial charge in [0.1, 0.15) is 17.7 Å². The molecule has 3 nitrogen and oxygen atoms in total. The van der Waals surface area contributed by atoms with Gasteiger partial charge in [-0.05, 0) is 35.9 Å². The maximum Gasteiger partial charge on any atom is 0.182 e. The lowest BCUT2D eigenvalue weighted by Crippen LogP contribution is -2.05. The van der Waals surface area contributed by atoms with Crippen molar-refractivity contribution in [2.75, 3.05) is 0 Å².